The summed E-state index contributed by atoms with van der Waals surface area (Å²) in [6.07, 6.45) is 1.50. The number of carbonyl (C=O) groups is 2. The number of carbonyl (C=O) groups excluding carboxylic acids is 1. The highest BCUT2D eigenvalue weighted by molar-refractivity contribution is 6.01. The van der Waals surface area contributed by atoms with Crippen molar-refractivity contribution < 1.29 is 19.4 Å². The number of hydrogen-bond acceptors (Lipinski definition) is 3. The summed E-state index contributed by atoms with van der Waals surface area (Å²) in [6, 6.07) is 22.5. The fraction of sp³-hybridized carbons (Fsp3) is 0.154. The van der Waals surface area contributed by atoms with Crippen LogP contribution in [0.4, 0.5) is 16.2 Å². The van der Waals surface area contributed by atoms with Crippen molar-refractivity contribution in [3.63, 3.8) is 0 Å². The van der Waals surface area contributed by atoms with E-state index in [1.54, 1.807) is 18.9 Å². The number of nitrogens with zero attached hydrogens (tertiary/aromatic N) is 1. The number of aryl methyl sites for hydroxylation is 1. The summed E-state index contributed by atoms with van der Waals surface area (Å²) in [7, 11) is 1.72. The number of hydrogen-bond donors (Lipinski definition) is 2. The second-order valence-corrected chi connectivity index (χ2v) is 7.27. The van der Waals surface area contributed by atoms with Crippen molar-refractivity contribution in [3.05, 3.63) is 89.7 Å². The van der Waals surface area contributed by atoms with Gasteiger partial charge in [-0.25, -0.2) is 9.59 Å². The fourth-order valence-corrected chi connectivity index (χ4v) is 3.10. The number of carboxylic acids is 1. The molecule has 0 aliphatic rings. The van der Waals surface area contributed by atoms with E-state index in [9.17, 15) is 14.7 Å². The molecule has 0 unspecified atom stereocenters. The van der Waals surface area contributed by atoms with Crippen LogP contribution in [0.25, 0.3) is 17.2 Å². The summed E-state index contributed by atoms with van der Waals surface area (Å²) >= 11 is 0. The Kier molecular flexibility index (Phi) is 7.29. The first-order valence-corrected chi connectivity index (χ1v) is 10.3. The Hall–Kier alpha value is -4.06. The van der Waals surface area contributed by atoms with Crippen molar-refractivity contribution in [1.29, 1.82) is 0 Å². The molecule has 6 nitrogen and oxygen atoms in total. The molecule has 3 aromatic rings. The molecule has 32 heavy (non-hydrogen) atoms. The number of anilines is 2. The first-order chi connectivity index (χ1) is 15.4. The van der Waals surface area contributed by atoms with Crippen LogP contribution < -0.4 is 10.2 Å². The van der Waals surface area contributed by atoms with Gasteiger partial charge in [0.2, 0.25) is 5.76 Å². The Morgan fingerprint density at radius 1 is 1.00 bits per heavy atom. The molecule has 0 aromatic heterocycles. The molecule has 2 N–H and O–H groups in total. The first kappa shape index (κ1) is 22.6. The summed E-state index contributed by atoms with van der Waals surface area (Å²) in [5, 5.41) is 12.1. The Morgan fingerprint density at radius 2 is 1.69 bits per heavy atom. The average molecular weight is 431 g/mol. The molecule has 0 heterocycles. The molecule has 0 atom stereocenters. The van der Waals surface area contributed by atoms with Gasteiger partial charge in [-0.3, -0.25) is 4.90 Å². The summed E-state index contributed by atoms with van der Waals surface area (Å²) in [5.41, 5.74) is 5.23. The molecule has 0 bridgehead atoms. The maximum atomic E-state index is 12.6. The quantitative estimate of drug-likeness (QED) is 0.367. The normalized spacial score (nSPS) is 11.0. The van der Waals surface area contributed by atoms with Crippen LogP contribution in [0, 0.1) is 6.92 Å². The van der Waals surface area contributed by atoms with Gasteiger partial charge >= 0.3 is 12.0 Å². The lowest BCUT2D eigenvalue weighted by molar-refractivity contribution is -0.136. The highest BCUT2D eigenvalue weighted by Gasteiger charge is 2.12. The van der Waals surface area contributed by atoms with Crippen molar-refractivity contribution >= 4 is 29.5 Å². The van der Waals surface area contributed by atoms with E-state index in [0.717, 1.165) is 33.6 Å². The predicted molar refractivity (Wildman–Crippen MR) is 128 cm³/mol. The monoisotopic (exact) mass is 430 g/mol. The van der Waals surface area contributed by atoms with Crippen LogP contribution in [0.15, 0.2) is 78.6 Å². The summed E-state index contributed by atoms with van der Waals surface area (Å²) in [6.45, 7) is 4.02. The lowest BCUT2D eigenvalue weighted by Crippen LogP contribution is -2.31. The third-order valence-corrected chi connectivity index (χ3v) is 4.89. The zero-order valence-electron chi connectivity index (χ0n) is 18.3. The van der Waals surface area contributed by atoms with Crippen molar-refractivity contribution in [3.8, 4) is 11.1 Å². The Morgan fingerprint density at radius 3 is 2.31 bits per heavy atom. The van der Waals surface area contributed by atoms with E-state index in [1.807, 2.05) is 79.7 Å². The number of carboxylic acid groups (broad SMARTS) is 1. The minimum atomic E-state index is -1.10. The van der Waals surface area contributed by atoms with Gasteiger partial charge in [0, 0.05) is 18.4 Å². The van der Waals surface area contributed by atoms with Crippen LogP contribution in [0.3, 0.4) is 0 Å². The molecular weight excluding hydrogens is 404 g/mol. The lowest BCUT2D eigenvalue weighted by atomic mass is 10.0. The van der Waals surface area contributed by atoms with Crippen molar-refractivity contribution in [2.75, 3.05) is 23.9 Å². The van der Waals surface area contributed by atoms with Crippen molar-refractivity contribution in [2.24, 2.45) is 0 Å². The van der Waals surface area contributed by atoms with Crippen molar-refractivity contribution in [1.82, 2.24) is 0 Å². The topological polar surface area (TPSA) is 78.9 Å². The number of amides is 2. The van der Waals surface area contributed by atoms with Crippen molar-refractivity contribution in [2.45, 2.75) is 13.8 Å². The van der Waals surface area contributed by atoms with Gasteiger partial charge in [-0.1, -0.05) is 54.1 Å². The second kappa shape index (κ2) is 10.3. The minimum Gasteiger partial charge on any atom is -0.487 e. The first-order valence-electron chi connectivity index (χ1n) is 10.3. The average Bonchev–Trinajstić information content (AvgIpc) is 2.80. The number of benzene rings is 3. The third kappa shape index (κ3) is 5.76. The van der Waals surface area contributed by atoms with Gasteiger partial charge in [-0.15, -0.1) is 0 Å². The molecule has 6 heteroatoms. The standard InChI is InChI=1S/C26H26N2O4/c1-4-32-24(25(29)30)16-19-10-12-20(13-11-19)21-6-5-7-23(17-21)28(3)26(31)27-22-14-8-18(2)9-15-22/h5-17H,4H2,1-3H3,(H,27,31)(H,29,30). The number of nitrogens with one attached hydrogen (secondary N) is 1. The van der Waals surface area contributed by atoms with Gasteiger partial charge in [0.15, 0.2) is 0 Å². The molecular formula is C26H26N2O4. The van der Waals surface area contributed by atoms with Crippen LogP contribution in [0.5, 0.6) is 0 Å². The zero-order valence-corrected chi connectivity index (χ0v) is 18.3. The summed E-state index contributed by atoms with van der Waals surface area (Å²) in [4.78, 5) is 25.4. The highest BCUT2D eigenvalue weighted by atomic mass is 16.5. The second-order valence-electron chi connectivity index (χ2n) is 7.27. The molecule has 0 spiro atoms. The van der Waals surface area contributed by atoms with Gasteiger partial charge in [0.25, 0.3) is 0 Å². The van der Waals surface area contributed by atoms with Crippen LogP contribution >= 0.6 is 0 Å². The van der Waals surface area contributed by atoms with E-state index in [-0.39, 0.29) is 18.4 Å². The molecule has 0 saturated carbocycles. The van der Waals surface area contributed by atoms with Gasteiger partial charge in [0.05, 0.1) is 6.61 Å². The Balaban J connectivity index is 1.76. The summed E-state index contributed by atoms with van der Waals surface area (Å²) < 4.78 is 5.15. The molecule has 0 aliphatic carbocycles. The van der Waals surface area contributed by atoms with E-state index in [2.05, 4.69) is 5.32 Å². The number of aliphatic carboxylic acids is 1. The molecule has 0 saturated heterocycles. The van der Waals surface area contributed by atoms with Gasteiger partial charge < -0.3 is 15.2 Å². The number of rotatable bonds is 7. The zero-order chi connectivity index (χ0) is 23.1. The summed E-state index contributed by atoms with van der Waals surface area (Å²) in [5.74, 6) is -1.20. The molecule has 3 rings (SSSR count). The van der Waals surface area contributed by atoms with Gasteiger partial charge in [-0.2, -0.15) is 0 Å². The van der Waals surface area contributed by atoms with E-state index < -0.39 is 5.97 Å². The number of ether oxygens (including phenoxy) is 1. The van der Waals surface area contributed by atoms with Crippen LogP contribution in [-0.4, -0.2) is 30.8 Å². The fourth-order valence-electron chi connectivity index (χ4n) is 3.10. The predicted octanol–water partition coefficient (Wildman–Crippen LogP) is 5.79. The van der Waals surface area contributed by atoms with E-state index in [4.69, 9.17) is 4.74 Å². The molecule has 3 aromatic carbocycles. The molecule has 164 valence electrons. The maximum Gasteiger partial charge on any atom is 0.371 e. The van der Waals surface area contributed by atoms with Crippen LogP contribution in [0.1, 0.15) is 18.1 Å². The van der Waals surface area contributed by atoms with Gasteiger partial charge in [0.1, 0.15) is 0 Å². The number of urea groups is 1. The third-order valence-electron chi connectivity index (χ3n) is 4.89. The SMILES string of the molecule is CCOC(=Cc1ccc(-c2cccc(N(C)C(=O)Nc3ccc(C)cc3)c2)cc1)C(=O)O. The molecule has 0 fully saturated rings. The highest BCUT2D eigenvalue weighted by Crippen LogP contribution is 2.26. The van der Waals surface area contributed by atoms with E-state index in [1.165, 1.54) is 6.08 Å². The maximum absolute atomic E-state index is 12.6. The van der Waals surface area contributed by atoms with E-state index in [0.29, 0.717) is 0 Å². The Bertz CT molecular complexity index is 1120. The molecule has 2 amide bonds. The largest absolute Gasteiger partial charge is 0.487 e. The van der Waals surface area contributed by atoms with E-state index >= 15 is 0 Å². The van der Waals surface area contributed by atoms with Crippen LogP contribution in [0.2, 0.25) is 0 Å². The van der Waals surface area contributed by atoms with Gasteiger partial charge in [-0.05, 0) is 60.9 Å². The molecule has 0 radical (unpaired) electrons. The smallest absolute Gasteiger partial charge is 0.371 e. The lowest BCUT2D eigenvalue weighted by Gasteiger charge is -2.19. The minimum absolute atomic E-state index is 0.0940. The molecule has 0 aliphatic heterocycles. The Labute approximate surface area is 187 Å². The van der Waals surface area contributed by atoms with Crippen LogP contribution in [-0.2, 0) is 9.53 Å².